The number of rotatable bonds is 4. The van der Waals surface area contributed by atoms with Crippen LogP contribution in [0.2, 0.25) is 0 Å². The first kappa shape index (κ1) is 19.5. The Hall–Kier alpha value is -2.43. The van der Waals surface area contributed by atoms with Gasteiger partial charge in [0.2, 0.25) is 5.91 Å². The SMILES string of the molecule is CC(C)c1cc(C(=O)NNC(=O)CC23CC4CC(CC(C4)C2)C3)c2ccccc2n1. The number of hydrazine groups is 1. The molecule has 1 heterocycles. The number of nitrogens with zero attached hydrogens (tertiary/aromatic N) is 1. The molecule has 0 radical (unpaired) electrons. The first-order valence-electron chi connectivity index (χ1n) is 11.4. The number of nitrogens with one attached hydrogen (secondary N) is 2. The summed E-state index contributed by atoms with van der Waals surface area (Å²) in [6.45, 7) is 4.12. The van der Waals surface area contributed by atoms with E-state index < -0.39 is 0 Å². The minimum atomic E-state index is -0.283. The van der Waals surface area contributed by atoms with E-state index in [-0.39, 0.29) is 23.1 Å². The van der Waals surface area contributed by atoms with Crippen LogP contribution in [-0.2, 0) is 4.79 Å². The van der Waals surface area contributed by atoms with Crippen LogP contribution in [0.1, 0.15) is 80.8 Å². The molecule has 0 unspecified atom stereocenters. The van der Waals surface area contributed by atoms with Gasteiger partial charge in [-0.05, 0) is 79.7 Å². The van der Waals surface area contributed by atoms with Gasteiger partial charge >= 0.3 is 0 Å². The molecule has 1 aromatic heterocycles. The number of amides is 2. The van der Waals surface area contributed by atoms with Crippen LogP contribution < -0.4 is 10.9 Å². The Labute approximate surface area is 178 Å². The number of hydrogen-bond acceptors (Lipinski definition) is 3. The standard InChI is InChI=1S/C25H31N3O2/c1-15(2)22-10-20(19-5-3-4-6-21(19)26-22)24(30)28-27-23(29)14-25-11-16-7-17(12-25)9-18(8-16)13-25/h3-6,10,15-18H,7-9,11-14H2,1-2H3,(H,27,29)(H,28,30). The smallest absolute Gasteiger partial charge is 0.270 e. The van der Waals surface area contributed by atoms with Gasteiger partial charge in [-0.2, -0.15) is 0 Å². The molecule has 0 spiro atoms. The Kier molecular flexibility index (Phi) is 4.79. The molecule has 4 aliphatic rings. The Bertz CT molecular complexity index is 962. The third-order valence-corrected chi connectivity index (χ3v) is 7.59. The van der Waals surface area contributed by atoms with Crippen molar-refractivity contribution in [1.82, 2.24) is 15.8 Å². The van der Waals surface area contributed by atoms with Crippen molar-refractivity contribution in [3.63, 3.8) is 0 Å². The van der Waals surface area contributed by atoms with Gasteiger partial charge in [-0.3, -0.25) is 25.4 Å². The van der Waals surface area contributed by atoms with E-state index in [1.165, 1.54) is 38.5 Å². The first-order chi connectivity index (χ1) is 14.4. The Morgan fingerprint density at radius 1 is 1.03 bits per heavy atom. The van der Waals surface area contributed by atoms with Gasteiger partial charge in [-0.15, -0.1) is 0 Å². The zero-order valence-corrected chi connectivity index (χ0v) is 17.9. The third-order valence-electron chi connectivity index (χ3n) is 7.59. The second-order valence-corrected chi connectivity index (χ2v) is 10.4. The van der Waals surface area contributed by atoms with Crippen LogP contribution in [0.25, 0.3) is 10.9 Å². The predicted octanol–water partition coefficient (Wildman–Crippen LogP) is 4.73. The summed E-state index contributed by atoms with van der Waals surface area (Å²) in [6.07, 6.45) is 8.19. The number of para-hydroxylation sites is 1. The number of fused-ring (bicyclic) bond motifs is 1. The maximum atomic E-state index is 12.9. The lowest BCUT2D eigenvalue weighted by Crippen LogP contribution is -2.50. The number of carbonyl (C=O) groups excluding carboxylic acids is 2. The normalized spacial score (nSPS) is 29.4. The van der Waals surface area contributed by atoms with Crippen molar-refractivity contribution in [2.24, 2.45) is 23.2 Å². The summed E-state index contributed by atoms with van der Waals surface area (Å²) >= 11 is 0. The lowest BCUT2D eigenvalue weighted by atomic mass is 9.49. The Balaban J connectivity index is 1.28. The Morgan fingerprint density at radius 2 is 1.67 bits per heavy atom. The van der Waals surface area contributed by atoms with Crippen LogP contribution in [0.4, 0.5) is 0 Å². The molecule has 0 atom stereocenters. The van der Waals surface area contributed by atoms with Gasteiger partial charge in [0.05, 0.1) is 11.1 Å². The molecule has 4 fully saturated rings. The molecule has 4 aliphatic carbocycles. The largest absolute Gasteiger partial charge is 0.273 e. The van der Waals surface area contributed by atoms with Crippen LogP contribution >= 0.6 is 0 Å². The summed E-state index contributed by atoms with van der Waals surface area (Å²) in [5, 5.41) is 0.801. The molecule has 6 rings (SSSR count). The van der Waals surface area contributed by atoms with Crippen molar-refractivity contribution >= 4 is 22.7 Å². The molecule has 5 heteroatoms. The van der Waals surface area contributed by atoms with Crippen LogP contribution in [0, 0.1) is 23.2 Å². The van der Waals surface area contributed by atoms with E-state index in [1.807, 2.05) is 30.3 Å². The summed E-state index contributed by atoms with van der Waals surface area (Å²) in [6, 6.07) is 9.49. The van der Waals surface area contributed by atoms with Gasteiger partial charge in [-0.25, -0.2) is 0 Å². The van der Waals surface area contributed by atoms with Crippen molar-refractivity contribution in [2.75, 3.05) is 0 Å². The second-order valence-electron chi connectivity index (χ2n) is 10.4. The average Bonchev–Trinajstić information content (AvgIpc) is 2.69. The van der Waals surface area contributed by atoms with E-state index in [0.717, 1.165) is 34.4 Å². The highest BCUT2D eigenvalue weighted by molar-refractivity contribution is 6.06. The topological polar surface area (TPSA) is 71.1 Å². The zero-order chi connectivity index (χ0) is 20.9. The van der Waals surface area contributed by atoms with Gasteiger partial charge in [0, 0.05) is 17.5 Å². The number of carbonyl (C=O) groups is 2. The molecule has 2 aromatic rings. The van der Waals surface area contributed by atoms with Crippen LogP contribution in [0.3, 0.4) is 0 Å². The predicted molar refractivity (Wildman–Crippen MR) is 117 cm³/mol. The molecule has 1 aromatic carbocycles. The number of benzene rings is 1. The zero-order valence-electron chi connectivity index (χ0n) is 17.9. The minimum Gasteiger partial charge on any atom is -0.273 e. The summed E-state index contributed by atoms with van der Waals surface area (Å²) in [5.74, 6) is 2.32. The van der Waals surface area contributed by atoms with E-state index in [2.05, 4.69) is 29.7 Å². The monoisotopic (exact) mass is 405 g/mol. The van der Waals surface area contributed by atoms with Gasteiger partial charge in [0.15, 0.2) is 0 Å². The maximum absolute atomic E-state index is 12.9. The molecule has 0 aliphatic heterocycles. The fourth-order valence-electron chi connectivity index (χ4n) is 6.76. The molecular weight excluding hydrogens is 374 g/mol. The van der Waals surface area contributed by atoms with Crippen molar-refractivity contribution in [2.45, 2.75) is 64.7 Å². The van der Waals surface area contributed by atoms with E-state index in [1.54, 1.807) is 0 Å². The lowest BCUT2D eigenvalue weighted by Gasteiger charge is -2.56. The molecule has 158 valence electrons. The average molecular weight is 406 g/mol. The first-order valence-corrected chi connectivity index (χ1v) is 11.4. The molecule has 4 bridgehead atoms. The highest BCUT2D eigenvalue weighted by Gasteiger charge is 2.51. The van der Waals surface area contributed by atoms with Crippen molar-refractivity contribution in [3.8, 4) is 0 Å². The van der Waals surface area contributed by atoms with E-state index in [9.17, 15) is 9.59 Å². The van der Waals surface area contributed by atoms with E-state index >= 15 is 0 Å². The van der Waals surface area contributed by atoms with Crippen LogP contribution in [0.15, 0.2) is 30.3 Å². The number of pyridine rings is 1. The molecule has 0 saturated heterocycles. The molecular formula is C25H31N3O2. The van der Waals surface area contributed by atoms with Crippen LogP contribution in [0.5, 0.6) is 0 Å². The van der Waals surface area contributed by atoms with Gasteiger partial charge in [-0.1, -0.05) is 32.0 Å². The highest BCUT2D eigenvalue weighted by atomic mass is 16.2. The van der Waals surface area contributed by atoms with E-state index in [0.29, 0.717) is 12.0 Å². The van der Waals surface area contributed by atoms with Crippen LogP contribution in [-0.4, -0.2) is 16.8 Å². The quantitative estimate of drug-likeness (QED) is 0.723. The maximum Gasteiger partial charge on any atom is 0.270 e. The third kappa shape index (κ3) is 3.59. The fourth-order valence-corrected chi connectivity index (χ4v) is 6.76. The summed E-state index contributed by atoms with van der Waals surface area (Å²) in [5.41, 5.74) is 7.78. The summed E-state index contributed by atoms with van der Waals surface area (Å²) < 4.78 is 0. The van der Waals surface area contributed by atoms with Crippen molar-refractivity contribution in [1.29, 1.82) is 0 Å². The molecule has 30 heavy (non-hydrogen) atoms. The minimum absolute atomic E-state index is 0.0623. The van der Waals surface area contributed by atoms with Gasteiger partial charge < -0.3 is 0 Å². The molecule has 4 saturated carbocycles. The Morgan fingerprint density at radius 3 is 2.30 bits per heavy atom. The highest BCUT2D eigenvalue weighted by Crippen LogP contribution is 2.61. The molecule has 2 amide bonds. The number of aromatic nitrogens is 1. The van der Waals surface area contributed by atoms with E-state index in [4.69, 9.17) is 0 Å². The molecule has 2 N–H and O–H groups in total. The van der Waals surface area contributed by atoms with Gasteiger partial charge in [0.1, 0.15) is 0 Å². The summed E-state index contributed by atoms with van der Waals surface area (Å²) in [4.78, 5) is 30.4. The fraction of sp³-hybridized carbons (Fsp3) is 0.560. The molecule has 5 nitrogen and oxygen atoms in total. The lowest BCUT2D eigenvalue weighted by molar-refractivity contribution is -0.130. The summed E-state index contributed by atoms with van der Waals surface area (Å²) in [7, 11) is 0. The number of hydrogen-bond donors (Lipinski definition) is 2. The van der Waals surface area contributed by atoms with Crippen molar-refractivity contribution in [3.05, 3.63) is 41.6 Å². The van der Waals surface area contributed by atoms with Crippen molar-refractivity contribution < 1.29 is 9.59 Å². The van der Waals surface area contributed by atoms with Gasteiger partial charge in [0.25, 0.3) is 5.91 Å². The second kappa shape index (κ2) is 7.36.